The number of nitrogens with zero attached hydrogens (tertiary/aromatic N) is 1. The predicted octanol–water partition coefficient (Wildman–Crippen LogP) is 4.34. The molecule has 0 saturated carbocycles. The third kappa shape index (κ3) is 2.59. The molecule has 6 heteroatoms. The minimum atomic E-state index is -0.928. The van der Waals surface area contributed by atoms with Crippen molar-refractivity contribution >= 4 is 49.2 Å². The molecule has 1 aromatic carbocycles. The third-order valence-corrected chi connectivity index (χ3v) is 5.23. The van der Waals surface area contributed by atoms with Gasteiger partial charge in [0.15, 0.2) is 0 Å². The van der Waals surface area contributed by atoms with Gasteiger partial charge in [0.05, 0.1) is 5.69 Å². The Labute approximate surface area is 119 Å². The van der Waals surface area contributed by atoms with Crippen molar-refractivity contribution in [3.8, 4) is 10.6 Å². The van der Waals surface area contributed by atoms with Crippen molar-refractivity contribution in [2.75, 3.05) is 0 Å². The number of thiazole rings is 1. The quantitative estimate of drug-likeness (QED) is 0.847. The normalized spacial score (nSPS) is 10.5. The number of carboxylic acids is 1. The van der Waals surface area contributed by atoms with Crippen LogP contribution < -0.4 is 0 Å². The molecule has 2 rings (SSSR count). The van der Waals surface area contributed by atoms with Gasteiger partial charge in [0, 0.05) is 14.5 Å². The first-order valence-corrected chi connectivity index (χ1v) is 7.05. The number of carbonyl (C=O) groups is 1. The number of halogens is 2. The van der Waals surface area contributed by atoms with Crippen molar-refractivity contribution in [2.24, 2.45) is 0 Å². The molecular formula is C11H7Br2NO2S. The van der Waals surface area contributed by atoms with Crippen molar-refractivity contribution in [3.05, 3.63) is 37.7 Å². The number of aromatic carboxylic acids is 1. The summed E-state index contributed by atoms with van der Waals surface area (Å²) in [4.78, 5) is 15.5. The molecule has 0 aliphatic heterocycles. The lowest BCUT2D eigenvalue weighted by molar-refractivity contribution is 0.0701. The molecule has 17 heavy (non-hydrogen) atoms. The molecule has 0 spiro atoms. The van der Waals surface area contributed by atoms with E-state index in [4.69, 9.17) is 5.11 Å². The summed E-state index contributed by atoms with van der Waals surface area (Å²) in [5, 5.41) is 9.69. The number of hydrogen-bond acceptors (Lipinski definition) is 3. The van der Waals surface area contributed by atoms with Crippen LogP contribution in [0.1, 0.15) is 15.4 Å². The number of rotatable bonds is 2. The lowest BCUT2D eigenvalue weighted by Gasteiger charge is -1.99. The van der Waals surface area contributed by atoms with Gasteiger partial charge in [-0.15, -0.1) is 11.3 Å². The Bertz CT molecular complexity index is 595. The Hall–Kier alpha value is -0.720. The van der Waals surface area contributed by atoms with Crippen LogP contribution in [0.4, 0.5) is 0 Å². The molecule has 0 aliphatic carbocycles. The van der Waals surface area contributed by atoms with Gasteiger partial charge in [0.2, 0.25) is 0 Å². The highest BCUT2D eigenvalue weighted by Crippen LogP contribution is 2.32. The molecule has 88 valence electrons. The highest BCUT2D eigenvalue weighted by molar-refractivity contribution is 9.13. The van der Waals surface area contributed by atoms with E-state index >= 15 is 0 Å². The number of carboxylic acid groups (broad SMARTS) is 1. The van der Waals surface area contributed by atoms with Gasteiger partial charge in [-0.05, 0) is 50.9 Å². The predicted molar refractivity (Wildman–Crippen MR) is 74.6 cm³/mol. The summed E-state index contributed by atoms with van der Waals surface area (Å²) >= 11 is 7.99. The maximum atomic E-state index is 10.9. The van der Waals surface area contributed by atoms with E-state index in [2.05, 4.69) is 36.8 Å². The standard InChI is InChI=1S/C11H7Br2NO2S/c1-5-9(11(15)16)17-10(14-5)6-2-3-7(12)8(13)4-6/h2-4H,1H3,(H,15,16). The van der Waals surface area contributed by atoms with Gasteiger partial charge in [-0.3, -0.25) is 0 Å². The van der Waals surface area contributed by atoms with Gasteiger partial charge in [0.1, 0.15) is 9.88 Å². The highest BCUT2D eigenvalue weighted by Gasteiger charge is 2.15. The van der Waals surface area contributed by atoms with Crippen LogP contribution >= 0.6 is 43.2 Å². The Kier molecular flexibility index (Phi) is 3.65. The fourth-order valence-corrected chi connectivity index (χ4v) is 2.87. The maximum Gasteiger partial charge on any atom is 0.347 e. The number of aryl methyl sites for hydroxylation is 1. The van der Waals surface area contributed by atoms with Crippen molar-refractivity contribution < 1.29 is 9.90 Å². The van der Waals surface area contributed by atoms with Gasteiger partial charge >= 0.3 is 5.97 Å². The molecule has 0 unspecified atom stereocenters. The second kappa shape index (κ2) is 4.88. The summed E-state index contributed by atoms with van der Waals surface area (Å²) in [6.45, 7) is 1.71. The van der Waals surface area contributed by atoms with Gasteiger partial charge < -0.3 is 5.11 Å². The van der Waals surface area contributed by atoms with Gasteiger partial charge in [-0.1, -0.05) is 6.07 Å². The molecule has 0 fully saturated rings. The molecule has 0 aliphatic rings. The van der Waals surface area contributed by atoms with Crippen LogP contribution in [0.2, 0.25) is 0 Å². The number of hydrogen-bond donors (Lipinski definition) is 1. The van der Waals surface area contributed by atoms with Gasteiger partial charge in [-0.2, -0.15) is 0 Å². The van der Waals surface area contributed by atoms with Crippen LogP contribution in [0.25, 0.3) is 10.6 Å². The first-order valence-electron chi connectivity index (χ1n) is 4.65. The van der Waals surface area contributed by atoms with Crippen molar-refractivity contribution in [1.29, 1.82) is 0 Å². The molecule has 0 radical (unpaired) electrons. The lowest BCUT2D eigenvalue weighted by atomic mass is 10.2. The summed E-state index contributed by atoms with van der Waals surface area (Å²) in [5.41, 5.74) is 1.46. The van der Waals surface area contributed by atoms with E-state index in [9.17, 15) is 4.79 Å². The Balaban J connectivity index is 2.50. The van der Waals surface area contributed by atoms with Crippen LogP contribution in [0.15, 0.2) is 27.1 Å². The van der Waals surface area contributed by atoms with E-state index in [0.717, 1.165) is 14.5 Å². The third-order valence-electron chi connectivity index (χ3n) is 2.16. The highest BCUT2D eigenvalue weighted by atomic mass is 79.9. The van der Waals surface area contributed by atoms with Crippen molar-refractivity contribution in [1.82, 2.24) is 4.98 Å². The monoisotopic (exact) mass is 375 g/mol. The van der Waals surface area contributed by atoms with E-state index < -0.39 is 5.97 Å². The van der Waals surface area contributed by atoms with E-state index in [1.165, 1.54) is 11.3 Å². The maximum absolute atomic E-state index is 10.9. The van der Waals surface area contributed by atoms with Crippen molar-refractivity contribution in [2.45, 2.75) is 6.92 Å². The molecule has 1 N–H and O–H groups in total. The number of aromatic nitrogens is 1. The van der Waals surface area contributed by atoms with Crippen molar-refractivity contribution in [3.63, 3.8) is 0 Å². The van der Waals surface area contributed by atoms with Crippen LogP contribution in [0.3, 0.4) is 0 Å². The molecule has 1 heterocycles. The average Bonchev–Trinajstić information content (AvgIpc) is 2.64. The Morgan fingerprint density at radius 3 is 2.59 bits per heavy atom. The molecule has 0 bridgehead atoms. The van der Waals surface area contributed by atoms with E-state index in [-0.39, 0.29) is 0 Å². The van der Waals surface area contributed by atoms with Crippen LogP contribution in [-0.2, 0) is 0 Å². The number of benzene rings is 1. The minimum absolute atomic E-state index is 0.291. The summed E-state index contributed by atoms with van der Waals surface area (Å²) in [6.07, 6.45) is 0. The zero-order valence-corrected chi connectivity index (χ0v) is 12.7. The van der Waals surface area contributed by atoms with E-state index in [1.807, 2.05) is 18.2 Å². The molecule has 0 saturated heterocycles. The second-order valence-electron chi connectivity index (χ2n) is 3.37. The smallest absolute Gasteiger partial charge is 0.347 e. The summed E-state index contributed by atoms with van der Waals surface area (Å²) in [5.74, 6) is -0.928. The average molecular weight is 377 g/mol. The molecule has 2 aromatic rings. The Morgan fingerprint density at radius 1 is 1.35 bits per heavy atom. The van der Waals surface area contributed by atoms with Gasteiger partial charge in [-0.25, -0.2) is 9.78 Å². The SMILES string of the molecule is Cc1nc(-c2ccc(Br)c(Br)c2)sc1C(=O)O. The molecule has 3 nitrogen and oxygen atoms in total. The first-order chi connectivity index (χ1) is 7.99. The molecular weight excluding hydrogens is 370 g/mol. The summed E-state index contributed by atoms with van der Waals surface area (Å²) in [6, 6.07) is 5.71. The zero-order valence-electron chi connectivity index (χ0n) is 8.70. The second-order valence-corrected chi connectivity index (χ2v) is 6.08. The fourth-order valence-electron chi connectivity index (χ4n) is 1.35. The van der Waals surface area contributed by atoms with Crippen LogP contribution in [0, 0.1) is 6.92 Å². The molecule has 0 amide bonds. The molecule has 1 aromatic heterocycles. The Morgan fingerprint density at radius 2 is 2.06 bits per heavy atom. The largest absolute Gasteiger partial charge is 0.477 e. The minimum Gasteiger partial charge on any atom is -0.477 e. The summed E-state index contributed by atoms with van der Waals surface area (Å²) < 4.78 is 1.87. The van der Waals surface area contributed by atoms with Crippen LogP contribution in [-0.4, -0.2) is 16.1 Å². The fraction of sp³-hybridized carbons (Fsp3) is 0.0909. The zero-order chi connectivity index (χ0) is 12.6. The van der Waals surface area contributed by atoms with E-state index in [1.54, 1.807) is 6.92 Å². The first kappa shape index (κ1) is 12.7. The molecule has 0 atom stereocenters. The van der Waals surface area contributed by atoms with E-state index in [0.29, 0.717) is 15.6 Å². The topological polar surface area (TPSA) is 50.2 Å². The van der Waals surface area contributed by atoms with Crippen LogP contribution in [0.5, 0.6) is 0 Å². The lowest BCUT2D eigenvalue weighted by Crippen LogP contribution is -1.94. The van der Waals surface area contributed by atoms with Gasteiger partial charge in [0.25, 0.3) is 0 Å². The summed E-state index contributed by atoms with van der Waals surface area (Å²) in [7, 11) is 0.